The second kappa shape index (κ2) is 8.81. The molecule has 1 fully saturated rings. The summed E-state index contributed by atoms with van der Waals surface area (Å²) in [5, 5.41) is 20.6. The van der Waals surface area contributed by atoms with Gasteiger partial charge < -0.3 is 36.2 Å². The van der Waals surface area contributed by atoms with Gasteiger partial charge in [-0.25, -0.2) is 14.1 Å². The van der Waals surface area contributed by atoms with E-state index in [1.807, 2.05) is 24.3 Å². The number of aliphatic hydroxyl groups excluding tert-OH is 2. The van der Waals surface area contributed by atoms with Gasteiger partial charge in [0.25, 0.3) is 5.82 Å². The SMILES string of the molecule is NCc1ccc(C[n+]2cnc3c(ncn3[C@@H]3O[C@H](COP(=O)(O)O)[C@@H](O)[C@H]3O)c2N)cc1. The Morgan fingerprint density at radius 3 is 2.50 bits per heavy atom. The van der Waals surface area contributed by atoms with Crippen LogP contribution in [0.1, 0.15) is 17.4 Å². The minimum absolute atomic E-state index is 0.310. The first-order valence-electron chi connectivity index (χ1n) is 9.68. The number of nitrogens with zero attached hydrogens (tertiary/aromatic N) is 4. The summed E-state index contributed by atoms with van der Waals surface area (Å²) in [5.41, 5.74) is 14.6. The normalized spacial score (nSPS) is 23.8. The lowest BCUT2D eigenvalue weighted by molar-refractivity contribution is -0.675. The topological polar surface area (TPSA) is 203 Å². The number of aromatic nitrogens is 4. The quantitative estimate of drug-likeness (QED) is 0.175. The minimum Gasteiger partial charge on any atom is -0.387 e. The predicted molar refractivity (Wildman–Crippen MR) is 109 cm³/mol. The van der Waals surface area contributed by atoms with E-state index in [-0.39, 0.29) is 0 Å². The van der Waals surface area contributed by atoms with Crippen LogP contribution in [0.5, 0.6) is 0 Å². The van der Waals surface area contributed by atoms with E-state index in [0.717, 1.165) is 11.1 Å². The third-order valence-corrected chi connectivity index (χ3v) is 5.75. The van der Waals surface area contributed by atoms with Crippen LogP contribution in [0.2, 0.25) is 0 Å². The monoisotopic (exact) mass is 467 g/mol. The van der Waals surface area contributed by atoms with Crippen molar-refractivity contribution >= 4 is 24.8 Å². The zero-order valence-electron chi connectivity index (χ0n) is 16.8. The maximum absolute atomic E-state index is 10.9. The molecule has 4 rings (SSSR count). The number of aliphatic hydroxyl groups is 2. The smallest absolute Gasteiger partial charge is 0.387 e. The highest BCUT2D eigenvalue weighted by Gasteiger charge is 2.45. The molecule has 172 valence electrons. The fourth-order valence-electron chi connectivity index (χ4n) is 3.54. The summed E-state index contributed by atoms with van der Waals surface area (Å²) >= 11 is 0. The second-order valence-electron chi connectivity index (χ2n) is 7.44. The molecule has 0 bridgehead atoms. The summed E-state index contributed by atoms with van der Waals surface area (Å²) in [7, 11) is -4.76. The van der Waals surface area contributed by atoms with Gasteiger partial charge in [0, 0.05) is 6.54 Å². The van der Waals surface area contributed by atoms with Gasteiger partial charge >= 0.3 is 7.82 Å². The maximum Gasteiger partial charge on any atom is 0.469 e. The van der Waals surface area contributed by atoms with Crippen molar-refractivity contribution in [2.75, 3.05) is 12.3 Å². The van der Waals surface area contributed by atoms with Gasteiger partial charge in [0.1, 0.15) is 24.6 Å². The first kappa shape index (κ1) is 22.7. The summed E-state index contributed by atoms with van der Waals surface area (Å²) in [6.45, 7) is 0.302. The van der Waals surface area contributed by atoms with Crippen LogP contribution in [-0.2, 0) is 26.9 Å². The Balaban J connectivity index is 1.57. The van der Waals surface area contributed by atoms with Crippen molar-refractivity contribution in [2.24, 2.45) is 5.73 Å². The molecule has 0 amide bonds. The van der Waals surface area contributed by atoms with Gasteiger partial charge in [0.15, 0.2) is 11.7 Å². The molecule has 1 aromatic carbocycles. The molecule has 1 saturated heterocycles. The van der Waals surface area contributed by atoms with Crippen molar-refractivity contribution in [3.8, 4) is 0 Å². The molecule has 8 N–H and O–H groups in total. The molecule has 1 aliphatic heterocycles. The molecule has 14 heteroatoms. The van der Waals surface area contributed by atoms with Crippen LogP contribution in [0, 0.1) is 0 Å². The third-order valence-electron chi connectivity index (χ3n) is 5.27. The third kappa shape index (κ3) is 4.51. The first-order valence-corrected chi connectivity index (χ1v) is 11.2. The van der Waals surface area contributed by atoms with Crippen molar-refractivity contribution in [2.45, 2.75) is 37.6 Å². The van der Waals surface area contributed by atoms with Crippen molar-refractivity contribution in [1.29, 1.82) is 0 Å². The number of phosphoric ester groups is 1. The van der Waals surface area contributed by atoms with E-state index < -0.39 is 39.0 Å². The minimum atomic E-state index is -4.76. The maximum atomic E-state index is 10.9. The Kier molecular flexibility index (Phi) is 6.25. The Hall–Kier alpha value is -2.48. The second-order valence-corrected chi connectivity index (χ2v) is 8.67. The van der Waals surface area contributed by atoms with Crippen molar-refractivity contribution in [3.05, 3.63) is 48.0 Å². The number of imidazole rings is 1. The lowest BCUT2D eigenvalue weighted by Gasteiger charge is -2.15. The van der Waals surface area contributed by atoms with E-state index >= 15 is 0 Å². The van der Waals surface area contributed by atoms with Gasteiger partial charge in [0.2, 0.25) is 12.0 Å². The number of rotatable bonds is 7. The molecule has 1 aliphatic rings. The van der Waals surface area contributed by atoms with E-state index in [2.05, 4.69) is 14.5 Å². The molecule has 0 saturated carbocycles. The number of fused-ring (bicyclic) bond motifs is 1. The molecule has 0 aliphatic carbocycles. The zero-order chi connectivity index (χ0) is 23.0. The fraction of sp³-hybridized carbons (Fsp3) is 0.389. The number of nitrogen functional groups attached to an aromatic ring is 1. The van der Waals surface area contributed by atoms with E-state index in [4.69, 9.17) is 26.0 Å². The van der Waals surface area contributed by atoms with Gasteiger partial charge in [-0.3, -0.25) is 9.09 Å². The Labute approximate surface area is 182 Å². The average molecular weight is 467 g/mol. The van der Waals surface area contributed by atoms with Crippen molar-refractivity contribution in [1.82, 2.24) is 14.5 Å². The number of hydrogen-bond donors (Lipinski definition) is 6. The Bertz CT molecular complexity index is 1150. The van der Waals surface area contributed by atoms with Crippen LogP contribution in [0.4, 0.5) is 5.82 Å². The summed E-state index contributed by atoms with van der Waals surface area (Å²) < 4.78 is 24.0. The molecule has 0 spiro atoms. The van der Waals surface area contributed by atoms with Crippen LogP contribution in [-0.4, -0.2) is 59.5 Å². The van der Waals surface area contributed by atoms with Gasteiger partial charge in [-0.05, 0) is 11.1 Å². The standard InChI is InChI=1S/C18H23N6O7P/c19-5-10-1-3-11(4-2-10)6-23-8-22-17-13(16(23)20)21-9-24(17)18-15(26)14(25)12(31-18)7-30-32(27,28)29/h1-4,8-9,12,14-15,18,20,25-26H,5-7,19H2,(H2,27,28,29)/p+1/t12-,14-,15-,18-/m1/s1. The van der Waals surface area contributed by atoms with E-state index in [9.17, 15) is 14.8 Å². The summed E-state index contributed by atoms with van der Waals surface area (Å²) in [6.07, 6.45) is -2.23. The van der Waals surface area contributed by atoms with Gasteiger partial charge in [-0.2, -0.15) is 0 Å². The summed E-state index contributed by atoms with van der Waals surface area (Å²) in [4.78, 5) is 26.4. The highest BCUT2D eigenvalue weighted by molar-refractivity contribution is 7.46. The molecule has 3 aromatic rings. The number of phosphoric acid groups is 1. The van der Waals surface area contributed by atoms with Crippen LogP contribution in [0.15, 0.2) is 36.9 Å². The predicted octanol–water partition coefficient (Wildman–Crippen LogP) is -1.46. The molecule has 13 nitrogen and oxygen atoms in total. The number of anilines is 1. The van der Waals surface area contributed by atoms with E-state index in [0.29, 0.717) is 30.1 Å². The van der Waals surface area contributed by atoms with Crippen molar-refractivity contribution < 1.29 is 38.4 Å². The molecule has 3 heterocycles. The number of hydrogen-bond acceptors (Lipinski definition) is 9. The van der Waals surface area contributed by atoms with Gasteiger partial charge in [-0.15, -0.1) is 0 Å². The zero-order valence-corrected chi connectivity index (χ0v) is 17.7. The molecule has 2 aromatic heterocycles. The van der Waals surface area contributed by atoms with Crippen LogP contribution in [0.3, 0.4) is 0 Å². The molecular weight excluding hydrogens is 443 g/mol. The number of benzene rings is 1. The number of nitrogens with two attached hydrogens (primary N) is 2. The summed E-state index contributed by atoms with van der Waals surface area (Å²) in [5.74, 6) is 0.339. The van der Waals surface area contributed by atoms with Gasteiger partial charge in [-0.1, -0.05) is 29.2 Å². The van der Waals surface area contributed by atoms with E-state index in [1.165, 1.54) is 17.2 Å². The molecule has 0 radical (unpaired) electrons. The Morgan fingerprint density at radius 2 is 1.84 bits per heavy atom. The van der Waals surface area contributed by atoms with E-state index in [1.54, 1.807) is 4.57 Å². The lowest BCUT2D eigenvalue weighted by atomic mass is 10.1. The molecular formula is C18H24N6O7P+. The van der Waals surface area contributed by atoms with Crippen LogP contribution in [0.25, 0.3) is 11.2 Å². The highest BCUT2D eigenvalue weighted by Crippen LogP contribution is 2.38. The molecule has 32 heavy (non-hydrogen) atoms. The fourth-order valence-corrected chi connectivity index (χ4v) is 3.88. The van der Waals surface area contributed by atoms with Crippen LogP contribution < -0.4 is 16.0 Å². The van der Waals surface area contributed by atoms with Crippen LogP contribution >= 0.6 is 7.82 Å². The largest absolute Gasteiger partial charge is 0.469 e. The molecule has 4 atom stereocenters. The van der Waals surface area contributed by atoms with Gasteiger partial charge in [0.05, 0.1) is 13.2 Å². The van der Waals surface area contributed by atoms with Crippen molar-refractivity contribution in [3.63, 3.8) is 0 Å². The molecule has 0 unspecified atom stereocenters. The highest BCUT2D eigenvalue weighted by atomic mass is 31.2. The lowest BCUT2D eigenvalue weighted by Crippen LogP contribution is -2.38. The summed E-state index contributed by atoms with van der Waals surface area (Å²) in [6, 6.07) is 7.76. The first-order chi connectivity index (χ1) is 15.2. The average Bonchev–Trinajstić information content (AvgIpc) is 3.30. The Morgan fingerprint density at radius 1 is 1.16 bits per heavy atom. The number of ether oxygens (including phenoxy) is 1.